The largest absolute Gasteiger partial charge is 0.338 e. The highest BCUT2D eigenvalue weighted by Crippen LogP contribution is 2.25. The molecule has 0 atom stereocenters. The van der Waals surface area contributed by atoms with Gasteiger partial charge in [-0.15, -0.1) is 0 Å². The summed E-state index contributed by atoms with van der Waals surface area (Å²) < 4.78 is 32.5. The molecule has 0 unspecified atom stereocenters. The van der Waals surface area contributed by atoms with E-state index < -0.39 is 10.0 Å². The van der Waals surface area contributed by atoms with Gasteiger partial charge in [-0.3, -0.25) is 0 Å². The van der Waals surface area contributed by atoms with Crippen molar-refractivity contribution < 1.29 is 12.9 Å². The number of nitrogens with one attached hydrogen (secondary N) is 1. The van der Waals surface area contributed by atoms with E-state index in [0.717, 1.165) is 4.47 Å². The third-order valence-corrected chi connectivity index (χ3v) is 4.53. The topological polar surface area (TPSA) is 72.2 Å². The summed E-state index contributed by atoms with van der Waals surface area (Å²) in [6.45, 7) is 5.91. The fraction of sp³-hybridized carbons (Fsp3) is 0.308. The molecular formula is C13H15BrN2O3S. The number of anilines is 1. The van der Waals surface area contributed by atoms with Gasteiger partial charge >= 0.3 is 0 Å². The molecule has 0 aliphatic carbocycles. The van der Waals surface area contributed by atoms with Gasteiger partial charge in [0.1, 0.15) is 0 Å². The Labute approximate surface area is 126 Å². The first-order valence-electron chi connectivity index (χ1n) is 5.94. The van der Waals surface area contributed by atoms with E-state index in [1.165, 1.54) is 12.1 Å². The first kappa shape index (κ1) is 15.1. The third-order valence-electron chi connectivity index (χ3n) is 2.64. The van der Waals surface area contributed by atoms with Crippen LogP contribution in [0.5, 0.6) is 0 Å². The minimum atomic E-state index is -3.67. The van der Waals surface area contributed by atoms with Gasteiger partial charge in [0.25, 0.3) is 10.0 Å². The molecule has 0 amide bonds. The molecule has 1 aromatic carbocycles. The molecule has 108 valence electrons. The molecule has 1 N–H and O–H groups in total. The molecule has 0 saturated carbocycles. The Balaban J connectivity index is 2.25. The molecule has 0 aliphatic rings. The van der Waals surface area contributed by atoms with Crippen LogP contribution in [-0.2, 0) is 15.4 Å². The zero-order chi connectivity index (χ0) is 15.0. The van der Waals surface area contributed by atoms with E-state index in [0.29, 0.717) is 5.69 Å². The monoisotopic (exact) mass is 358 g/mol. The predicted octanol–water partition coefficient (Wildman–Crippen LogP) is 3.54. The molecule has 20 heavy (non-hydrogen) atoms. The van der Waals surface area contributed by atoms with Gasteiger partial charge in [-0.05, 0) is 24.3 Å². The van der Waals surface area contributed by atoms with Gasteiger partial charge in [0, 0.05) is 16.0 Å². The van der Waals surface area contributed by atoms with Crippen LogP contribution in [0, 0.1) is 0 Å². The normalized spacial score (nSPS) is 12.4. The van der Waals surface area contributed by atoms with Crippen LogP contribution in [-0.4, -0.2) is 13.6 Å². The lowest BCUT2D eigenvalue weighted by molar-refractivity contribution is 0.405. The van der Waals surface area contributed by atoms with Crippen LogP contribution >= 0.6 is 15.9 Å². The Bertz CT molecular complexity index is 700. The molecule has 5 nitrogen and oxygen atoms in total. The lowest BCUT2D eigenvalue weighted by atomic mass is 9.92. The lowest BCUT2D eigenvalue weighted by Crippen LogP contribution is -2.13. The van der Waals surface area contributed by atoms with E-state index >= 15 is 0 Å². The van der Waals surface area contributed by atoms with E-state index in [4.69, 9.17) is 4.52 Å². The van der Waals surface area contributed by atoms with E-state index in [9.17, 15) is 8.42 Å². The highest BCUT2D eigenvalue weighted by atomic mass is 79.9. The van der Waals surface area contributed by atoms with Crippen LogP contribution in [0.25, 0.3) is 0 Å². The molecule has 0 aliphatic heterocycles. The van der Waals surface area contributed by atoms with Crippen molar-refractivity contribution >= 4 is 31.8 Å². The van der Waals surface area contributed by atoms with Gasteiger partial charge < -0.3 is 4.52 Å². The van der Waals surface area contributed by atoms with Gasteiger partial charge in [0.15, 0.2) is 0 Å². The summed E-state index contributed by atoms with van der Waals surface area (Å²) in [5, 5.41) is 3.87. The molecule has 0 radical (unpaired) electrons. The fourth-order valence-corrected chi connectivity index (χ4v) is 2.72. The molecule has 0 saturated heterocycles. The zero-order valence-electron chi connectivity index (χ0n) is 11.3. The molecule has 1 heterocycles. The van der Waals surface area contributed by atoms with Gasteiger partial charge in [-0.25, -0.2) is 13.1 Å². The summed E-state index contributed by atoms with van der Waals surface area (Å²) >= 11 is 3.26. The number of sulfonamides is 1. The summed E-state index contributed by atoms with van der Waals surface area (Å²) in [5.74, 6) is 0.109. The van der Waals surface area contributed by atoms with Crippen molar-refractivity contribution in [3.8, 4) is 0 Å². The van der Waals surface area contributed by atoms with Crippen molar-refractivity contribution in [2.45, 2.75) is 31.1 Å². The molecule has 0 bridgehead atoms. The summed E-state index contributed by atoms with van der Waals surface area (Å²) in [4.78, 5) is 0.161. The number of aromatic nitrogens is 1. The smallest absolute Gasteiger partial charge is 0.264 e. The quantitative estimate of drug-likeness (QED) is 0.910. The number of nitrogens with zero attached hydrogens (tertiary/aromatic N) is 1. The molecule has 0 spiro atoms. The maximum Gasteiger partial charge on any atom is 0.264 e. The minimum Gasteiger partial charge on any atom is -0.338 e. The first-order chi connectivity index (χ1) is 9.18. The van der Waals surface area contributed by atoms with Crippen LogP contribution in [0.3, 0.4) is 0 Å². The molecule has 2 aromatic rings. The Kier molecular flexibility index (Phi) is 3.93. The second kappa shape index (κ2) is 5.21. The average Bonchev–Trinajstić information content (AvgIpc) is 2.77. The van der Waals surface area contributed by atoms with Crippen molar-refractivity contribution in [1.82, 2.24) is 5.16 Å². The second-order valence-corrected chi connectivity index (χ2v) is 7.98. The van der Waals surface area contributed by atoms with Crippen molar-refractivity contribution in [2.75, 3.05) is 4.72 Å². The van der Waals surface area contributed by atoms with Crippen LogP contribution < -0.4 is 4.72 Å². The maximum absolute atomic E-state index is 12.2. The van der Waals surface area contributed by atoms with Crippen LogP contribution in [0.15, 0.2) is 44.2 Å². The van der Waals surface area contributed by atoms with Gasteiger partial charge in [0.05, 0.1) is 10.6 Å². The summed E-state index contributed by atoms with van der Waals surface area (Å²) in [6, 6.07) is 7.93. The summed E-state index contributed by atoms with van der Waals surface area (Å²) in [6.07, 6.45) is 0. The molecule has 7 heteroatoms. The van der Waals surface area contributed by atoms with E-state index in [-0.39, 0.29) is 16.2 Å². The number of rotatable bonds is 3. The van der Waals surface area contributed by atoms with E-state index in [1.807, 2.05) is 20.8 Å². The summed E-state index contributed by atoms with van der Waals surface area (Å²) in [5.41, 5.74) is 0.483. The maximum atomic E-state index is 12.2. The van der Waals surface area contributed by atoms with Crippen molar-refractivity contribution in [3.05, 3.63) is 40.5 Å². The van der Waals surface area contributed by atoms with Gasteiger partial charge in [-0.1, -0.05) is 41.9 Å². The number of benzene rings is 1. The first-order valence-corrected chi connectivity index (χ1v) is 8.22. The number of hydrogen-bond acceptors (Lipinski definition) is 4. The molecule has 1 aromatic heterocycles. The van der Waals surface area contributed by atoms with E-state index in [1.54, 1.807) is 18.2 Å². The second-order valence-electron chi connectivity index (χ2n) is 5.39. The highest BCUT2D eigenvalue weighted by molar-refractivity contribution is 9.10. The van der Waals surface area contributed by atoms with Crippen molar-refractivity contribution in [3.63, 3.8) is 0 Å². The standard InChI is InChI=1S/C13H15BrN2O3S/c1-13(2,3)11-8-12(19-15-11)16-20(17,18)10-6-4-9(14)5-7-10/h4-8,16H,1-3H3. The van der Waals surface area contributed by atoms with Crippen LogP contribution in [0.4, 0.5) is 5.88 Å². The van der Waals surface area contributed by atoms with Gasteiger partial charge in [-0.2, -0.15) is 0 Å². The molecule has 0 fully saturated rings. The molecule has 2 rings (SSSR count). The third kappa shape index (κ3) is 3.40. The Morgan fingerprint density at radius 3 is 2.30 bits per heavy atom. The Hall–Kier alpha value is -1.34. The fourth-order valence-electron chi connectivity index (χ4n) is 1.48. The summed E-state index contributed by atoms with van der Waals surface area (Å²) in [7, 11) is -3.67. The van der Waals surface area contributed by atoms with Crippen molar-refractivity contribution in [1.29, 1.82) is 0 Å². The lowest BCUT2D eigenvalue weighted by Gasteiger charge is -2.12. The SMILES string of the molecule is CC(C)(C)c1cc(NS(=O)(=O)c2ccc(Br)cc2)on1. The van der Waals surface area contributed by atoms with E-state index in [2.05, 4.69) is 25.8 Å². The Morgan fingerprint density at radius 1 is 1.20 bits per heavy atom. The van der Waals surface area contributed by atoms with Crippen LogP contribution in [0.2, 0.25) is 0 Å². The van der Waals surface area contributed by atoms with Gasteiger partial charge in [0.2, 0.25) is 5.88 Å². The predicted molar refractivity (Wildman–Crippen MR) is 80.2 cm³/mol. The zero-order valence-corrected chi connectivity index (χ0v) is 13.7. The average molecular weight is 359 g/mol. The number of hydrogen-bond donors (Lipinski definition) is 1. The minimum absolute atomic E-state index is 0.109. The highest BCUT2D eigenvalue weighted by Gasteiger charge is 2.22. The van der Waals surface area contributed by atoms with Crippen LogP contribution in [0.1, 0.15) is 26.5 Å². The number of halogens is 1. The van der Waals surface area contributed by atoms with Crippen molar-refractivity contribution in [2.24, 2.45) is 0 Å². The molecular weight excluding hydrogens is 344 g/mol. The Morgan fingerprint density at radius 2 is 1.80 bits per heavy atom.